The van der Waals surface area contributed by atoms with Crippen LogP contribution in [0.1, 0.15) is 30.1 Å². The molecule has 0 saturated heterocycles. The van der Waals surface area contributed by atoms with Crippen LogP contribution in [-0.2, 0) is 4.79 Å². The van der Waals surface area contributed by atoms with Crippen LogP contribution in [0.25, 0.3) is 0 Å². The van der Waals surface area contributed by atoms with Gasteiger partial charge in [0.15, 0.2) is 0 Å². The van der Waals surface area contributed by atoms with E-state index in [1.165, 1.54) is 0 Å². The van der Waals surface area contributed by atoms with Gasteiger partial charge in [0.05, 0.1) is 11.3 Å². The molecule has 5 nitrogen and oxygen atoms in total. The molecular weight excluding hydrogens is 230 g/mol. The van der Waals surface area contributed by atoms with Crippen LogP contribution < -0.4 is 16.4 Å². The number of anilines is 1. The van der Waals surface area contributed by atoms with E-state index >= 15 is 0 Å². The molecule has 98 valence electrons. The van der Waals surface area contributed by atoms with E-state index in [1.54, 1.807) is 24.3 Å². The van der Waals surface area contributed by atoms with Gasteiger partial charge in [-0.15, -0.1) is 0 Å². The van der Waals surface area contributed by atoms with Crippen LogP contribution in [0.3, 0.4) is 0 Å². The molecule has 0 heterocycles. The highest BCUT2D eigenvalue weighted by molar-refractivity contribution is 6.03. The molecule has 2 amide bonds. The predicted molar refractivity (Wildman–Crippen MR) is 71.4 cm³/mol. The van der Waals surface area contributed by atoms with Crippen molar-refractivity contribution in [2.75, 3.05) is 18.4 Å². The van der Waals surface area contributed by atoms with Crippen LogP contribution in [-0.4, -0.2) is 24.9 Å². The van der Waals surface area contributed by atoms with Crippen LogP contribution >= 0.6 is 0 Å². The van der Waals surface area contributed by atoms with Gasteiger partial charge in [-0.1, -0.05) is 19.1 Å². The Hall–Kier alpha value is -1.88. The number of nitrogens with two attached hydrogens (primary N) is 1. The minimum atomic E-state index is -0.229. The Kier molecular flexibility index (Phi) is 5.87. The summed E-state index contributed by atoms with van der Waals surface area (Å²) >= 11 is 0. The molecule has 0 saturated carbocycles. The van der Waals surface area contributed by atoms with Crippen molar-refractivity contribution >= 4 is 17.5 Å². The Labute approximate surface area is 107 Å². The topological polar surface area (TPSA) is 84.2 Å². The molecule has 1 aromatic rings. The van der Waals surface area contributed by atoms with Crippen LogP contribution in [0.5, 0.6) is 0 Å². The first-order chi connectivity index (χ1) is 8.69. The molecule has 0 aliphatic rings. The third kappa shape index (κ3) is 4.18. The summed E-state index contributed by atoms with van der Waals surface area (Å²) in [6, 6.07) is 6.92. The van der Waals surface area contributed by atoms with E-state index in [9.17, 15) is 9.59 Å². The maximum atomic E-state index is 11.8. The molecule has 1 aromatic carbocycles. The average Bonchev–Trinajstić information content (AvgIpc) is 2.37. The number of nitrogens with one attached hydrogen (secondary N) is 2. The first-order valence-electron chi connectivity index (χ1n) is 6.06. The summed E-state index contributed by atoms with van der Waals surface area (Å²) < 4.78 is 0. The Morgan fingerprint density at radius 1 is 1.28 bits per heavy atom. The molecule has 0 aliphatic heterocycles. The zero-order valence-corrected chi connectivity index (χ0v) is 10.5. The Morgan fingerprint density at radius 3 is 2.67 bits per heavy atom. The number of carbonyl (C=O) groups excluding carboxylic acids is 2. The average molecular weight is 249 g/mol. The first-order valence-corrected chi connectivity index (χ1v) is 6.06. The lowest BCUT2D eigenvalue weighted by molar-refractivity contribution is -0.116. The van der Waals surface area contributed by atoms with E-state index in [-0.39, 0.29) is 11.8 Å². The van der Waals surface area contributed by atoms with Gasteiger partial charge in [0.1, 0.15) is 0 Å². The highest BCUT2D eigenvalue weighted by atomic mass is 16.2. The molecule has 0 fully saturated rings. The lowest BCUT2D eigenvalue weighted by Gasteiger charge is -2.10. The second-order valence-electron chi connectivity index (χ2n) is 3.89. The summed E-state index contributed by atoms with van der Waals surface area (Å²) in [5, 5.41) is 5.42. The Morgan fingerprint density at radius 2 is 2.00 bits per heavy atom. The molecular formula is C13H19N3O2. The monoisotopic (exact) mass is 249 g/mol. The second kappa shape index (κ2) is 7.45. The number of amides is 2. The van der Waals surface area contributed by atoms with Crippen molar-refractivity contribution in [1.29, 1.82) is 0 Å². The number of para-hydroxylation sites is 1. The van der Waals surface area contributed by atoms with Crippen LogP contribution in [0.15, 0.2) is 24.3 Å². The highest BCUT2D eigenvalue weighted by Gasteiger charge is 2.11. The number of rotatable bonds is 6. The van der Waals surface area contributed by atoms with Crippen molar-refractivity contribution in [3.63, 3.8) is 0 Å². The van der Waals surface area contributed by atoms with Gasteiger partial charge in [-0.25, -0.2) is 0 Å². The molecule has 4 N–H and O–H groups in total. The van der Waals surface area contributed by atoms with E-state index in [0.717, 1.165) is 6.42 Å². The quantitative estimate of drug-likeness (QED) is 0.706. The maximum Gasteiger partial charge on any atom is 0.253 e. The largest absolute Gasteiger partial charge is 0.351 e. The molecule has 5 heteroatoms. The summed E-state index contributed by atoms with van der Waals surface area (Å²) in [6.07, 6.45) is 1.21. The molecule has 0 bridgehead atoms. The Balaban J connectivity index is 2.79. The van der Waals surface area contributed by atoms with Gasteiger partial charge in [-0.3, -0.25) is 9.59 Å². The predicted octanol–water partition coefficient (Wildman–Crippen LogP) is 1.11. The number of hydrogen-bond acceptors (Lipinski definition) is 3. The zero-order chi connectivity index (χ0) is 13.4. The minimum absolute atomic E-state index is 0.0865. The van der Waals surface area contributed by atoms with Gasteiger partial charge >= 0.3 is 0 Å². The number of benzene rings is 1. The van der Waals surface area contributed by atoms with Crippen molar-refractivity contribution in [2.24, 2.45) is 5.73 Å². The highest BCUT2D eigenvalue weighted by Crippen LogP contribution is 2.15. The van der Waals surface area contributed by atoms with Crippen LogP contribution in [0.4, 0.5) is 5.69 Å². The number of hydrogen-bond donors (Lipinski definition) is 3. The summed E-state index contributed by atoms with van der Waals surface area (Å²) in [7, 11) is 0. The van der Waals surface area contributed by atoms with Crippen molar-refractivity contribution in [2.45, 2.75) is 19.8 Å². The summed E-state index contributed by atoms with van der Waals surface area (Å²) in [5.41, 5.74) is 6.32. The van der Waals surface area contributed by atoms with Gasteiger partial charge in [0.25, 0.3) is 5.91 Å². The molecule has 18 heavy (non-hydrogen) atoms. The van der Waals surface area contributed by atoms with E-state index in [0.29, 0.717) is 30.8 Å². The van der Waals surface area contributed by atoms with E-state index in [4.69, 9.17) is 5.73 Å². The summed E-state index contributed by atoms with van der Waals surface area (Å²) in [4.78, 5) is 23.4. The van der Waals surface area contributed by atoms with Crippen molar-refractivity contribution < 1.29 is 9.59 Å². The van der Waals surface area contributed by atoms with Crippen LogP contribution in [0.2, 0.25) is 0 Å². The maximum absolute atomic E-state index is 11.8. The van der Waals surface area contributed by atoms with Gasteiger partial charge in [-0.2, -0.15) is 0 Å². The van der Waals surface area contributed by atoms with Crippen molar-refractivity contribution in [1.82, 2.24) is 5.32 Å². The molecule has 0 spiro atoms. The molecule has 0 aliphatic carbocycles. The molecule has 0 radical (unpaired) electrons. The summed E-state index contributed by atoms with van der Waals surface area (Å²) in [6.45, 7) is 2.73. The van der Waals surface area contributed by atoms with Crippen molar-refractivity contribution in [3.05, 3.63) is 29.8 Å². The molecule has 0 atom stereocenters. The third-order valence-corrected chi connectivity index (χ3v) is 2.35. The van der Waals surface area contributed by atoms with E-state index < -0.39 is 0 Å². The molecule has 0 unspecified atom stereocenters. The molecule has 1 rings (SSSR count). The fraction of sp³-hybridized carbons (Fsp3) is 0.385. The number of carbonyl (C=O) groups is 2. The fourth-order valence-corrected chi connectivity index (χ4v) is 1.51. The smallest absolute Gasteiger partial charge is 0.253 e. The lowest BCUT2D eigenvalue weighted by Crippen LogP contribution is -2.29. The van der Waals surface area contributed by atoms with Crippen LogP contribution in [0, 0.1) is 0 Å². The van der Waals surface area contributed by atoms with Crippen molar-refractivity contribution in [3.8, 4) is 0 Å². The summed E-state index contributed by atoms with van der Waals surface area (Å²) in [5.74, 6) is -0.315. The minimum Gasteiger partial charge on any atom is -0.351 e. The molecule has 0 aromatic heterocycles. The van der Waals surface area contributed by atoms with E-state index in [1.807, 2.05) is 6.92 Å². The normalized spacial score (nSPS) is 9.89. The van der Waals surface area contributed by atoms with Gasteiger partial charge < -0.3 is 16.4 Å². The zero-order valence-electron chi connectivity index (χ0n) is 10.5. The van der Waals surface area contributed by atoms with E-state index in [2.05, 4.69) is 10.6 Å². The van der Waals surface area contributed by atoms with Gasteiger partial charge in [-0.05, 0) is 18.6 Å². The first kappa shape index (κ1) is 14.2. The SMILES string of the molecule is CCCC(=O)Nc1ccccc1C(=O)NCCN. The lowest BCUT2D eigenvalue weighted by atomic mass is 10.1. The fourth-order valence-electron chi connectivity index (χ4n) is 1.51. The third-order valence-electron chi connectivity index (χ3n) is 2.35. The van der Waals surface area contributed by atoms with Gasteiger partial charge in [0.2, 0.25) is 5.91 Å². The van der Waals surface area contributed by atoms with Gasteiger partial charge in [0, 0.05) is 19.5 Å². The standard InChI is InChI=1S/C13H19N3O2/c1-2-5-12(17)16-11-7-4-3-6-10(11)13(18)15-9-8-14/h3-4,6-7H,2,5,8-9,14H2,1H3,(H,15,18)(H,16,17). The Bertz CT molecular complexity index is 418. The second-order valence-corrected chi connectivity index (χ2v) is 3.89.